The van der Waals surface area contributed by atoms with Crippen molar-refractivity contribution in [3.05, 3.63) is 35.7 Å². The Morgan fingerprint density at radius 3 is 2.32 bits per heavy atom. The fourth-order valence-corrected chi connectivity index (χ4v) is 1.72. The molecule has 1 aromatic heterocycles. The SMILES string of the molecule is CCCc1cccc(NC=C(C(=O)OCC)C(=O)OCC)n1. The van der Waals surface area contributed by atoms with Gasteiger partial charge in [-0.25, -0.2) is 14.6 Å². The highest BCUT2D eigenvalue weighted by molar-refractivity contribution is 6.14. The number of hydrogen-bond donors (Lipinski definition) is 1. The van der Waals surface area contributed by atoms with Crippen LogP contribution in [-0.4, -0.2) is 30.1 Å². The summed E-state index contributed by atoms with van der Waals surface area (Å²) in [7, 11) is 0. The van der Waals surface area contributed by atoms with Gasteiger partial charge in [-0.1, -0.05) is 19.4 Å². The zero-order chi connectivity index (χ0) is 16.4. The number of anilines is 1. The van der Waals surface area contributed by atoms with E-state index < -0.39 is 11.9 Å². The number of aromatic nitrogens is 1. The van der Waals surface area contributed by atoms with E-state index in [2.05, 4.69) is 17.2 Å². The molecule has 1 aromatic rings. The quantitative estimate of drug-likeness (QED) is 0.344. The van der Waals surface area contributed by atoms with E-state index >= 15 is 0 Å². The number of nitrogens with one attached hydrogen (secondary N) is 1. The molecular formula is C16H22N2O4. The monoisotopic (exact) mass is 306 g/mol. The number of nitrogens with zero attached hydrogens (tertiary/aromatic N) is 1. The number of pyridine rings is 1. The minimum Gasteiger partial charge on any atom is -0.462 e. The molecule has 0 saturated carbocycles. The van der Waals surface area contributed by atoms with E-state index in [0.29, 0.717) is 5.82 Å². The van der Waals surface area contributed by atoms with Gasteiger partial charge in [0, 0.05) is 11.9 Å². The fourth-order valence-electron chi connectivity index (χ4n) is 1.72. The van der Waals surface area contributed by atoms with E-state index in [9.17, 15) is 9.59 Å². The molecule has 0 radical (unpaired) electrons. The average molecular weight is 306 g/mol. The highest BCUT2D eigenvalue weighted by atomic mass is 16.6. The van der Waals surface area contributed by atoms with Crippen molar-refractivity contribution in [3.63, 3.8) is 0 Å². The summed E-state index contributed by atoms with van der Waals surface area (Å²) >= 11 is 0. The Bertz CT molecular complexity index is 521. The predicted molar refractivity (Wildman–Crippen MR) is 83.2 cm³/mol. The number of rotatable bonds is 8. The normalized spacial score (nSPS) is 9.77. The third-order valence-corrected chi connectivity index (χ3v) is 2.67. The molecular weight excluding hydrogens is 284 g/mol. The number of ether oxygens (including phenoxy) is 2. The Morgan fingerprint density at radius 2 is 1.77 bits per heavy atom. The van der Waals surface area contributed by atoms with Crippen molar-refractivity contribution in [3.8, 4) is 0 Å². The molecule has 0 atom stereocenters. The van der Waals surface area contributed by atoms with Crippen LogP contribution in [0.2, 0.25) is 0 Å². The second-order valence-electron chi connectivity index (χ2n) is 4.41. The zero-order valence-corrected chi connectivity index (χ0v) is 13.2. The molecule has 0 unspecified atom stereocenters. The first kappa shape index (κ1) is 17.7. The van der Waals surface area contributed by atoms with Crippen LogP contribution in [0, 0.1) is 0 Å². The lowest BCUT2D eigenvalue weighted by Crippen LogP contribution is -2.19. The molecule has 1 rings (SSSR count). The van der Waals surface area contributed by atoms with Crippen molar-refractivity contribution >= 4 is 17.8 Å². The minimum absolute atomic E-state index is 0.180. The molecule has 22 heavy (non-hydrogen) atoms. The first-order chi connectivity index (χ1) is 10.6. The second kappa shape index (κ2) is 9.55. The van der Waals surface area contributed by atoms with Gasteiger partial charge in [0.25, 0.3) is 0 Å². The number of carbonyl (C=O) groups is 2. The van der Waals surface area contributed by atoms with Crippen LogP contribution in [0.25, 0.3) is 0 Å². The fraction of sp³-hybridized carbons (Fsp3) is 0.438. The summed E-state index contributed by atoms with van der Waals surface area (Å²) in [4.78, 5) is 28.0. The van der Waals surface area contributed by atoms with Gasteiger partial charge < -0.3 is 14.8 Å². The average Bonchev–Trinajstić information content (AvgIpc) is 2.49. The molecule has 1 heterocycles. The van der Waals surface area contributed by atoms with Crippen LogP contribution in [0.1, 0.15) is 32.9 Å². The van der Waals surface area contributed by atoms with Crippen molar-refractivity contribution in [2.75, 3.05) is 18.5 Å². The van der Waals surface area contributed by atoms with Gasteiger partial charge in [-0.05, 0) is 32.4 Å². The van der Waals surface area contributed by atoms with E-state index in [1.807, 2.05) is 12.1 Å². The van der Waals surface area contributed by atoms with Gasteiger partial charge in [-0.3, -0.25) is 0 Å². The lowest BCUT2D eigenvalue weighted by atomic mass is 10.2. The van der Waals surface area contributed by atoms with Crippen LogP contribution in [0.3, 0.4) is 0 Å². The lowest BCUT2D eigenvalue weighted by Gasteiger charge is -2.08. The summed E-state index contributed by atoms with van der Waals surface area (Å²) in [5.74, 6) is -0.895. The largest absolute Gasteiger partial charge is 0.462 e. The summed E-state index contributed by atoms with van der Waals surface area (Å²) in [6.45, 7) is 5.77. The van der Waals surface area contributed by atoms with Crippen molar-refractivity contribution in [2.24, 2.45) is 0 Å². The van der Waals surface area contributed by atoms with Crippen LogP contribution in [-0.2, 0) is 25.5 Å². The maximum absolute atomic E-state index is 11.8. The summed E-state index contributed by atoms with van der Waals surface area (Å²) < 4.78 is 9.71. The maximum atomic E-state index is 11.8. The number of esters is 2. The Morgan fingerprint density at radius 1 is 1.14 bits per heavy atom. The van der Waals surface area contributed by atoms with Crippen molar-refractivity contribution in [1.82, 2.24) is 4.98 Å². The van der Waals surface area contributed by atoms with E-state index in [4.69, 9.17) is 9.47 Å². The van der Waals surface area contributed by atoms with Gasteiger partial charge in [-0.15, -0.1) is 0 Å². The van der Waals surface area contributed by atoms with Gasteiger partial charge in [0.1, 0.15) is 5.82 Å². The van der Waals surface area contributed by atoms with Crippen molar-refractivity contribution in [1.29, 1.82) is 0 Å². The molecule has 0 saturated heterocycles. The molecule has 0 fully saturated rings. The van der Waals surface area contributed by atoms with Crippen molar-refractivity contribution in [2.45, 2.75) is 33.6 Å². The standard InChI is InChI=1S/C16H22N2O4/c1-4-8-12-9-7-10-14(18-12)17-11-13(15(19)21-5-2)16(20)22-6-3/h7,9-11H,4-6,8H2,1-3H3,(H,17,18). The van der Waals surface area contributed by atoms with E-state index in [1.54, 1.807) is 19.9 Å². The predicted octanol–water partition coefficient (Wildman–Crippen LogP) is 2.46. The number of hydrogen-bond acceptors (Lipinski definition) is 6. The highest BCUT2D eigenvalue weighted by Gasteiger charge is 2.20. The van der Waals surface area contributed by atoms with E-state index in [-0.39, 0.29) is 18.8 Å². The molecule has 0 aliphatic carbocycles. The topological polar surface area (TPSA) is 77.5 Å². The van der Waals surface area contributed by atoms with Crippen LogP contribution < -0.4 is 5.32 Å². The van der Waals surface area contributed by atoms with Gasteiger partial charge in [0.05, 0.1) is 13.2 Å². The van der Waals surface area contributed by atoms with E-state index in [0.717, 1.165) is 18.5 Å². The summed E-state index contributed by atoms with van der Waals surface area (Å²) in [6.07, 6.45) is 3.12. The summed E-state index contributed by atoms with van der Waals surface area (Å²) in [5.41, 5.74) is 0.751. The molecule has 0 bridgehead atoms. The van der Waals surface area contributed by atoms with Crippen molar-refractivity contribution < 1.29 is 19.1 Å². The zero-order valence-electron chi connectivity index (χ0n) is 13.2. The lowest BCUT2D eigenvalue weighted by molar-refractivity contribution is -0.146. The van der Waals surface area contributed by atoms with Gasteiger partial charge >= 0.3 is 11.9 Å². The van der Waals surface area contributed by atoms with Crippen LogP contribution in [0.15, 0.2) is 30.0 Å². The first-order valence-electron chi connectivity index (χ1n) is 7.39. The molecule has 0 spiro atoms. The van der Waals surface area contributed by atoms with Crippen LogP contribution >= 0.6 is 0 Å². The Balaban J connectivity index is 2.89. The van der Waals surface area contributed by atoms with Crippen LogP contribution in [0.5, 0.6) is 0 Å². The maximum Gasteiger partial charge on any atom is 0.347 e. The molecule has 0 aromatic carbocycles. The molecule has 6 heteroatoms. The van der Waals surface area contributed by atoms with Gasteiger partial charge in [0.2, 0.25) is 0 Å². The number of carbonyl (C=O) groups excluding carboxylic acids is 2. The summed E-state index contributed by atoms with van der Waals surface area (Å²) in [5, 5.41) is 2.85. The summed E-state index contributed by atoms with van der Waals surface area (Å²) in [6, 6.07) is 5.54. The van der Waals surface area contributed by atoms with Gasteiger partial charge in [0.15, 0.2) is 5.57 Å². The second-order valence-corrected chi connectivity index (χ2v) is 4.41. The molecule has 0 aliphatic rings. The van der Waals surface area contributed by atoms with E-state index in [1.165, 1.54) is 6.20 Å². The Hall–Kier alpha value is -2.37. The minimum atomic E-state index is -0.724. The molecule has 120 valence electrons. The highest BCUT2D eigenvalue weighted by Crippen LogP contribution is 2.09. The third-order valence-electron chi connectivity index (χ3n) is 2.67. The Kier molecular flexibility index (Phi) is 7.67. The Labute approximate surface area is 130 Å². The van der Waals surface area contributed by atoms with Gasteiger partial charge in [-0.2, -0.15) is 0 Å². The first-order valence-corrected chi connectivity index (χ1v) is 7.39. The molecule has 1 N–H and O–H groups in total. The van der Waals surface area contributed by atoms with Crippen LogP contribution in [0.4, 0.5) is 5.82 Å². The molecule has 0 aliphatic heterocycles. The third kappa shape index (κ3) is 5.55. The molecule has 0 amide bonds. The number of aryl methyl sites for hydroxylation is 1. The molecule has 6 nitrogen and oxygen atoms in total. The smallest absolute Gasteiger partial charge is 0.347 e.